The van der Waals surface area contributed by atoms with Gasteiger partial charge in [0.15, 0.2) is 0 Å². The van der Waals surface area contributed by atoms with Crippen LogP contribution in [0.25, 0.3) is 0 Å². The molecule has 0 fully saturated rings. The zero-order valence-electron chi connectivity index (χ0n) is 11.1. The summed E-state index contributed by atoms with van der Waals surface area (Å²) in [5.41, 5.74) is 2.05. The lowest BCUT2D eigenvalue weighted by Crippen LogP contribution is -1.90. The van der Waals surface area contributed by atoms with Crippen molar-refractivity contribution in [3.63, 3.8) is 0 Å². The smallest absolute Gasteiger partial charge is 0.132 e. The highest BCUT2D eigenvalue weighted by molar-refractivity contribution is 5.82. The van der Waals surface area contributed by atoms with Crippen molar-refractivity contribution in [3.8, 4) is 0 Å². The number of hydrogen-bond donors (Lipinski definition) is 0. The normalized spacial score (nSPS) is 11.6. The van der Waals surface area contributed by atoms with Gasteiger partial charge in [0.25, 0.3) is 0 Å². The van der Waals surface area contributed by atoms with Crippen molar-refractivity contribution in [1.29, 1.82) is 0 Å². The van der Waals surface area contributed by atoms with Crippen LogP contribution < -0.4 is 0 Å². The lowest BCUT2D eigenvalue weighted by Gasteiger charge is -1.99. The lowest BCUT2D eigenvalue weighted by atomic mass is 10.1. The fourth-order valence-electron chi connectivity index (χ4n) is 1.64. The van der Waals surface area contributed by atoms with Crippen molar-refractivity contribution in [2.75, 3.05) is 0 Å². The van der Waals surface area contributed by atoms with Crippen molar-refractivity contribution in [2.45, 2.75) is 13.3 Å². The van der Waals surface area contributed by atoms with Gasteiger partial charge >= 0.3 is 0 Å². The van der Waals surface area contributed by atoms with Gasteiger partial charge in [0, 0.05) is 5.56 Å². The largest absolute Gasteiger partial charge is 0.207 e. The molecule has 0 heterocycles. The second-order valence-electron chi connectivity index (χ2n) is 4.25. The minimum Gasteiger partial charge on any atom is -0.207 e. The van der Waals surface area contributed by atoms with Crippen LogP contribution in [0.4, 0.5) is 8.78 Å². The predicted molar refractivity (Wildman–Crippen MR) is 77.4 cm³/mol. The van der Waals surface area contributed by atoms with Crippen LogP contribution >= 0.6 is 0 Å². The van der Waals surface area contributed by atoms with E-state index in [4.69, 9.17) is 0 Å². The molecule has 0 atom stereocenters. The molecule has 2 aromatic carbocycles. The highest BCUT2D eigenvalue weighted by Gasteiger charge is 1.99. The summed E-state index contributed by atoms with van der Waals surface area (Å²) >= 11 is 0. The zero-order valence-corrected chi connectivity index (χ0v) is 11.1. The number of halogens is 2. The average molecular weight is 272 g/mol. The second kappa shape index (κ2) is 6.70. The minimum absolute atomic E-state index is 0.302. The number of rotatable bonds is 4. The summed E-state index contributed by atoms with van der Waals surface area (Å²) < 4.78 is 26.3. The molecule has 0 amide bonds. The van der Waals surface area contributed by atoms with Crippen LogP contribution in [-0.2, 0) is 6.42 Å². The van der Waals surface area contributed by atoms with Crippen molar-refractivity contribution >= 4 is 12.4 Å². The van der Waals surface area contributed by atoms with Gasteiger partial charge in [-0.15, -0.1) is 0 Å². The quantitative estimate of drug-likeness (QED) is 0.594. The Morgan fingerprint density at radius 1 is 0.950 bits per heavy atom. The molecular weight excluding hydrogens is 258 g/mol. The molecule has 2 nitrogen and oxygen atoms in total. The van der Waals surface area contributed by atoms with E-state index in [9.17, 15) is 8.78 Å². The first kappa shape index (κ1) is 14.1. The zero-order chi connectivity index (χ0) is 14.4. The Hall–Kier alpha value is -2.36. The molecule has 0 bridgehead atoms. The Morgan fingerprint density at radius 3 is 2.30 bits per heavy atom. The maximum Gasteiger partial charge on any atom is 0.132 e. The molecule has 0 saturated carbocycles. The van der Waals surface area contributed by atoms with Crippen LogP contribution in [0, 0.1) is 11.6 Å². The monoisotopic (exact) mass is 272 g/mol. The second-order valence-corrected chi connectivity index (χ2v) is 4.25. The van der Waals surface area contributed by atoms with E-state index in [1.807, 2.05) is 13.0 Å². The van der Waals surface area contributed by atoms with E-state index in [2.05, 4.69) is 10.2 Å². The molecular formula is C16H14F2N2. The summed E-state index contributed by atoms with van der Waals surface area (Å²) in [4.78, 5) is 0. The third kappa shape index (κ3) is 3.82. The Kier molecular flexibility index (Phi) is 4.71. The third-order valence-corrected chi connectivity index (χ3v) is 2.81. The molecule has 0 spiro atoms. The van der Waals surface area contributed by atoms with Gasteiger partial charge in [0.1, 0.15) is 11.6 Å². The van der Waals surface area contributed by atoms with Gasteiger partial charge < -0.3 is 0 Å². The number of hydrogen-bond acceptors (Lipinski definition) is 2. The molecule has 0 unspecified atom stereocenters. The molecule has 20 heavy (non-hydrogen) atoms. The highest BCUT2D eigenvalue weighted by Crippen LogP contribution is 2.09. The first-order chi connectivity index (χ1) is 9.69. The van der Waals surface area contributed by atoms with Crippen molar-refractivity contribution in [1.82, 2.24) is 0 Å². The van der Waals surface area contributed by atoms with Crippen LogP contribution in [0.5, 0.6) is 0 Å². The van der Waals surface area contributed by atoms with Gasteiger partial charge in [-0.25, -0.2) is 8.78 Å². The van der Waals surface area contributed by atoms with Crippen molar-refractivity contribution < 1.29 is 8.78 Å². The van der Waals surface area contributed by atoms with Gasteiger partial charge in [-0.05, 0) is 35.7 Å². The fourth-order valence-corrected chi connectivity index (χ4v) is 1.64. The molecule has 0 aliphatic carbocycles. The maximum atomic E-state index is 13.6. The van der Waals surface area contributed by atoms with Gasteiger partial charge in [-0.3, -0.25) is 0 Å². The highest BCUT2D eigenvalue weighted by atomic mass is 19.1. The Labute approximate surface area is 116 Å². The van der Waals surface area contributed by atoms with E-state index >= 15 is 0 Å². The van der Waals surface area contributed by atoms with Gasteiger partial charge in [0.2, 0.25) is 0 Å². The molecule has 0 aromatic heterocycles. The lowest BCUT2D eigenvalue weighted by molar-refractivity contribution is 0.623. The molecule has 0 aliphatic heterocycles. The van der Waals surface area contributed by atoms with Crippen molar-refractivity contribution in [3.05, 3.63) is 70.8 Å². The third-order valence-electron chi connectivity index (χ3n) is 2.81. The summed E-state index contributed by atoms with van der Waals surface area (Å²) in [5, 5.41) is 7.59. The Bertz CT molecular complexity index is 631. The van der Waals surface area contributed by atoms with Gasteiger partial charge in [-0.2, -0.15) is 10.2 Å². The fraction of sp³-hybridized carbons (Fsp3) is 0.125. The van der Waals surface area contributed by atoms with E-state index in [-0.39, 0.29) is 11.6 Å². The maximum absolute atomic E-state index is 13.6. The average Bonchev–Trinajstić information content (AvgIpc) is 2.46. The first-order valence-corrected chi connectivity index (χ1v) is 6.29. The Balaban J connectivity index is 2.04. The van der Waals surface area contributed by atoms with Crippen LogP contribution in [0.1, 0.15) is 23.6 Å². The van der Waals surface area contributed by atoms with E-state index in [1.54, 1.807) is 18.2 Å². The molecule has 0 saturated heterocycles. The molecule has 102 valence electrons. The van der Waals surface area contributed by atoms with E-state index < -0.39 is 0 Å². The van der Waals surface area contributed by atoms with Gasteiger partial charge in [0.05, 0.1) is 12.4 Å². The summed E-state index contributed by atoms with van der Waals surface area (Å²) in [7, 11) is 0. The SMILES string of the molecule is CCc1ccc(C=NN=Cc2ccc(F)cc2)c(F)c1. The molecule has 0 N–H and O–H groups in total. The topological polar surface area (TPSA) is 24.7 Å². The number of nitrogens with zero attached hydrogens (tertiary/aromatic N) is 2. The molecule has 2 aromatic rings. The molecule has 4 heteroatoms. The summed E-state index contributed by atoms with van der Waals surface area (Å²) in [6, 6.07) is 10.9. The number of aryl methyl sites for hydroxylation is 1. The summed E-state index contributed by atoms with van der Waals surface area (Å²) in [5.74, 6) is -0.617. The van der Waals surface area contributed by atoms with Gasteiger partial charge in [-0.1, -0.05) is 31.2 Å². The predicted octanol–water partition coefficient (Wildman–Crippen LogP) is 3.98. The first-order valence-electron chi connectivity index (χ1n) is 6.29. The van der Waals surface area contributed by atoms with E-state index in [0.717, 1.165) is 17.5 Å². The van der Waals surface area contributed by atoms with Crippen LogP contribution in [-0.4, -0.2) is 12.4 Å². The minimum atomic E-state index is -0.315. The van der Waals surface area contributed by atoms with Crippen molar-refractivity contribution in [2.24, 2.45) is 10.2 Å². The summed E-state index contributed by atoms with van der Waals surface area (Å²) in [6.07, 6.45) is 3.63. The molecule has 0 aliphatic rings. The standard InChI is InChI=1S/C16H14F2N2/c1-2-12-3-6-14(16(18)9-12)11-20-19-10-13-4-7-15(17)8-5-13/h3-11H,2H2,1H3. The molecule has 0 radical (unpaired) electrons. The van der Waals surface area contributed by atoms with Crippen LogP contribution in [0.15, 0.2) is 52.7 Å². The number of benzene rings is 2. The molecule has 2 rings (SSSR count). The van der Waals surface area contributed by atoms with E-state index in [1.165, 1.54) is 30.6 Å². The van der Waals surface area contributed by atoms with Crippen LogP contribution in [0.2, 0.25) is 0 Å². The summed E-state index contributed by atoms with van der Waals surface area (Å²) in [6.45, 7) is 1.97. The Morgan fingerprint density at radius 2 is 1.65 bits per heavy atom. The van der Waals surface area contributed by atoms with E-state index in [0.29, 0.717) is 5.56 Å². The van der Waals surface area contributed by atoms with Crippen LogP contribution in [0.3, 0.4) is 0 Å².